The molecule has 2 N–H and O–H groups in total. The molecule has 2 amide bonds. The summed E-state index contributed by atoms with van der Waals surface area (Å²) in [5.41, 5.74) is 0.716. The van der Waals surface area contributed by atoms with E-state index in [0.29, 0.717) is 5.69 Å². The van der Waals surface area contributed by atoms with E-state index < -0.39 is 12.0 Å². The topological polar surface area (TPSA) is 78.9 Å². The molecule has 0 aliphatic heterocycles. The van der Waals surface area contributed by atoms with Crippen LogP contribution in [0, 0.1) is 0 Å². The third-order valence-electron chi connectivity index (χ3n) is 3.06. The minimum absolute atomic E-state index is 0.0372. The van der Waals surface area contributed by atoms with Crippen LogP contribution in [0.5, 0.6) is 11.5 Å². The van der Waals surface area contributed by atoms with E-state index in [1.165, 1.54) is 30.1 Å². The van der Waals surface area contributed by atoms with E-state index in [-0.39, 0.29) is 17.1 Å². The van der Waals surface area contributed by atoms with Crippen molar-refractivity contribution in [3.05, 3.63) is 54.1 Å². The van der Waals surface area contributed by atoms with Crippen LogP contribution in [0.25, 0.3) is 0 Å². The van der Waals surface area contributed by atoms with E-state index >= 15 is 0 Å². The van der Waals surface area contributed by atoms with Gasteiger partial charge in [-0.05, 0) is 30.3 Å². The van der Waals surface area contributed by atoms with Crippen molar-refractivity contribution in [2.24, 2.45) is 0 Å². The van der Waals surface area contributed by atoms with Crippen molar-refractivity contribution < 1.29 is 19.4 Å². The molecule has 0 saturated heterocycles. The molecule has 0 bridgehead atoms. The zero-order chi connectivity index (χ0) is 16.1. The molecule has 0 saturated carbocycles. The maximum atomic E-state index is 12.1. The second-order valence-corrected chi connectivity index (χ2v) is 4.52. The molecule has 0 fully saturated rings. The van der Waals surface area contributed by atoms with E-state index in [9.17, 15) is 14.7 Å². The molecule has 0 aliphatic rings. The molecule has 0 atom stereocenters. The molecule has 0 radical (unpaired) electrons. The summed E-state index contributed by atoms with van der Waals surface area (Å²) in [5.74, 6) is -0.480. The first kappa shape index (κ1) is 15.4. The van der Waals surface area contributed by atoms with Gasteiger partial charge >= 0.3 is 6.09 Å². The highest BCUT2D eigenvalue weighted by Gasteiger charge is 2.16. The van der Waals surface area contributed by atoms with Crippen LogP contribution in [-0.2, 0) is 0 Å². The zero-order valence-corrected chi connectivity index (χ0v) is 12.2. The molecule has 114 valence electrons. The summed E-state index contributed by atoms with van der Waals surface area (Å²) in [5, 5.41) is 12.0. The standard InChI is InChI=1S/C16H16N2O4/c1-17-15(20)13-10-12(8-9-14(13)19)22-16(21)18(2)11-6-4-3-5-7-11/h3-10,19H,1-2H3,(H,17,20). The molecule has 0 aliphatic carbocycles. The highest BCUT2D eigenvalue weighted by atomic mass is 16.6. The van der Waals surface area contributed by atoms with Crippen LogP contribution in [0.3, 0.4) is 0 Å². The Hall–Kier alpha value is -3.02. The Morgan fingerprint density at radius 3 is 2.45 bits per heavy atom. The number of hydrogen-bond acceptors (Lipinski definition) is 4. The molecule has 2 rings (SSSR count). The Morgan fingerprint density at radius 2 is 1.82 bits per heavy atom. The number of carbonyl (C=O) groups excluding carboxylic acids is 2. The number of amides is 2. The minimum Gasteiger partial charge on any atom is -0.507 e. The summed E-state index contributed by atoms with van der Waals surface area (Å²) in [4.78, 5) is 25.0. The quantitative estimate of drug-likeness (QED) is 0.912. The predicted molar refractivity (Wildman–Crippen MR) is 82.4 cm³/mol. The van der Waals surface area contributed by atoms with Gasteiger partial charge in [-0.2, -0.15) is 0 Å². The fraction of sp³-hybridized carbons (Fsp3) is 0.125. The van der Waals surface area contributed by atoms with Crippen molar-refractivity contribution in [2.45, 2.75) is 0 Å². The van der Waals surface area contributed by atoms with Crippen molar-refractivity contribution in [3.63, 3.8) is 0 Å². The Morgan fingerprint density at radius 1 is 1.14 bits per heavy atom. The fourth-order valence-electron chi connectivity index (χ4n) is 1.82. The fourth-order valence-corrected chi connectivity index (χ4v) is 1.82. The Bertz CT molecular complexity index is 686. The second-order valence-electron chi connectivity index (χ2n) is 4.52. The molecule has 2 aromatic rings. The number of aromatic hydroxyl groups is 1. The van der Waals surface area contributed by atoms with Gasteiger partial charge in [0.1, 0.15) is 11.5 Å². The Kier molecular flexibility index (Phi) is 4.63. The number of carbonyl (C=O) groups is 2. The lowest BCUT2D eigenvalue weighted by atomic mass is 10.2. The summed E-state index contributed by atoms with van der Waals surface area (Å²) >= 11 is 0. The van der Waals surface area contributed by atoms with Crippen molar-refractivity contribution in [3.8, 4) is 11.5 Å². The monoisotopic (exact) mass is 300 g/mol. The SMILES string of the molecule is CNC(=O)c1cc(OC(=O)N(C)c2ccccc2)ccc1O. The molecule has 0 aromatic heterocycles. The van der Waals surface area contributed by atoms with Gasteiger partial charge in [0.2, 0.25) is 0 Å². The summed E-state index contributed by atoms with van der Waals surface area (Å²) in [7, 11) is 3.03. The number of anilines is 1. The number of para-hydroxylation sites is 1. The van der Waals surface area contributed by atoms with Crippen molar-refractivity contribution in [1.29, 1.82) is 0 Å². The third kappa shape index (κ3) is 3.35. The van der Waals surface area contributed by atoms with Gasteiger partial charge in [0.25, 0.3) is 5.91 Å². The number of nitrogens with one attached hydrogen (secondary N) is 1. The summed E-state index contributed by atoms with van der Waals surface area (Å²) in [6.45, 7) is 0. The number of phenols is 1. The van der Waals surface area contributed by atoms with Gasteiger partial charge in [0.05, 0.1) is 5.56 Å². The average molecular weight is 300 g/mol. The maximum Gasteiger partial charge on any atom is 0.419 e. The van der Waals surface area contributed by atoms with Gasteiger partial charge in [-0.25, -0.2) is 4.79 Å². The minimum atomic E-state index is -0.597. The predicted octanol–water partition coefficient (Wildman–Crippen LogP) is 2.39. The lowest BCUT2D eigenvalue weighted by molar-refractivity contribution is 0.0960. The van der Waals surface area contributed by atoms with E-state index in [1.807, 2.05) is 18.2 Å². The van der Waals surface area contributed by atoms with Gasteiger partial charge in [-0.3, -0.25) is 9.69 Å². The first-order valence-corrected chi connectivity index (χ1v) is 6.58. The number of nitrogens with zero attached hydrogens (tertiary/aromatic N) is 1. The highest BCUT2D eigenvalue weighted by Crippen LogP contribution is 2.24. The molecule has 0 unspecified atom stereocenters. The molecule has 6 heteroatoms. The maximum absolute atomic E-state index is 12.1. The Labute approximate surface area is 127 Å². The smallest absolute Gasteiger partial charge is 0.419 e. The number of benzene rings is 2. The van der Waals surface area contributed by atoms with Gasteiger partial charge in [0, 0.05) is 19.8 Å². The number of ether oxygens (including phenoxy) is 1. The number of rotatable bonds is 3. The molecular weight excluding hydrogens is 284 g/mol. The average Bonchev–Trinajstić information content (AvgIpc) is 2.55. The van der Waals surface area contributed by atoms with E-state index in [2.05, 4.69) is 5.32 Å². The van der Waals surface area contributed by atoms with Crippen LogP contribution in [0.15, 0.2) is 48.5 Å². The molecule has 22 heavy (non-hydrogen) atoms. The number of phenolic OH excluding ortho intramolecular Hbond substituents is 1. The normalized spacial score (nSPS) is 9.91. The van der Waals surface area contributed by atoms with Gasteiger partial charge in [-0.1, -0.05) is 18.2 Å². The lowest BCUT2D eigenvalue weighted by Gasteiger charge is -2.17. The van der Waals surface area contributed by atoms with Crippen molar-refractivity contribution in [1.82, 2.24) is 5.32 Å². The third-order valence-corrected chi connectivity index (χ3v) is 3.06. The number of hydrogen-bond donors (Lipinski definition) is 2. The van der Waals surface area contributed by atoms with Crippen LogP contribution < -0.4 is 15.0 Å². The van der Waals surface area contributed by atoms with Crippen molar-refractivity contribution >= 4 is 17.7 Å². The van der Waals surface area contributed by atoms with Crippen LogP contribution in [0.4, 0.5) is 10.5 Å². The van der Waals surface area contributed by atoms with Crippen LogP contribution in [-0.4, -0.2) is 31.2 Å². The summed E-state index contributed by atoms with van der Waals surface area (Å²) in [6, 6.07) is 13.0. The Balaban J connectivity index is 2.17. The van der Waals surface area contributed by atoms with Crippen LogP contribution in [0.2, 0.25) is 0 Å². The zero-order valence-electron chi connectivity index (χ0n) is 12.2. The largest absolute Gasteiger partial charge is 0.507 e. The van der Waals surface area contributed by atoms with E-state index in [0.717, 1.165) is 0 Å². The van der Waals surface area contributed by atoms with Gasteiger partial charge in [-0.15, -0.1) is 0 Å². The van der Waals surface area contributed by atoms with E-state index in [4.69, 9.17) is 4.74 Å². The second kappa shape index (κ2) is 6.62. The molecule has 6 nitrogen and oxygen atoms in total. The molecule has 0 heterocycles. The first-order chi connectivity index (χ1) is 10.5. The van der Waals surface area contributed by atoms with Crippen molar-refractivity contribution in [2.75, 3.05) is 19.0 Å². The summed E-state index contributed by atoms with van der Waals surface area (Å²) < 4.78 is 5.22. The van der Waals surface area contributed by atoms with E-state index in [1.54, 1.807) is 19.2 Å². The van der Waals surface area contributed by atoms with Gasteiger partial charge in [0.15, 0.2) is 0 Å². The molecule has 0 spiro atoms. The van der Waals surface area contributed by atoms with Gasteiger partial charge < -0.3 is 15.2 Å². The lowest BCUT2D eigenvalue weighted by Crippen LogP contribution is -2.29. The molecular formula is C16H16N2O4. The van der Waals surface area contributed by atoms with Crippen LogP contribution >= 0.6 is 0 Å². The molecule has 2 aromatic carbocycles. The highest BCUT2D eigenvalue weighted by molar-refractivity contribution is 5.97. The first-order valence-electron chi connectivity index (χ1n) is 6.58. The summed E-state index contributed by atoms with van der Waals surface area (Å²) in [6.07, 6.45) is -0.597. The van der Waals surface area contributed by atoms with Crippen LogP contribution in [0.1, 0.15) is 10.4 Å².